The van der Waals surface area contributed by atoms with Crippen LogP contribution in [0.2, 0.25) is 0 Å². The molecule has 3 rings (SSSR count). The first-order valence-electron chi connectivity index (χ1n) is 6.54. The number of nitrogens with zero attached hydrogens (tertiary/aromatic N) is 5. The molecule has 0 atom stereocenters. The molecule has 0 bridgehead atoms. The fourth-order valence-electron chi connectivity index (χ4n) is 1.73. The quantitative estimate of drug-likeness (QED) is 0.765. The molecular formula is C12H15BrN6S. The smallest absolute Gasteiger partial charge is 0.209 e. The molecule has 0 aromatic carbocycles. The van der Waals surface area contributed by atoms with Crippen LogP contribution in [-0.2, 0) is 12.3 Å². The SMILES string of the molecule is Brc1ccc(CSc2nnnn2CCNC2CC2)nc1. The highest BCUT2D eigenvalue weighted by atomic mass is 79.9. The highest BCUT2D eigenvalue weighted by Crippen LogP contribution is 2.20. The van der Waals surface area contributed by atoms with Crippen molar-refractivity contribution in [3.63, 3.8) is 0 Å². The molecule has 2 aromatic heterocycles. The van der Waals surface area contributed by atoms with E-state index in [1.807, 2.05) is 16.8 Å². The van der Waals surface area contributed by atoms with E-state index in [4.69, 9.17) is 0 Å². The van der Waals surface area contributed by atoms with E-state index >= 15 is 0 Å². The Balaban J connectivity index is 1.51. The summed E-state index contributed by atoms with van der Waals surface area (Å²) in [6.45, 7) is 1.72. The Morgan fingerprint density at radius 1 is 1.40 bits per heavy atom. The van der Waals surface area contributed by atoms with Gasteiger partial charge in [0.2, 0.25) is 5.16 Å². The number of tetrazole rings is 1. The first-order valence-corrected chi connectivity index (χ1v) is 8.32. The lowest BCUT2D eigenvalue weighted by atomic mass is 10.4. The van der Waals surface area contributed by atoms with Crippen LogP contribution < -0.4 is 5.32 Å². The molecule has 1 N–H and O–H groups in total. The van der Waals surface area contributed by atoms with Crippen molar-refractivity contribution in [2.75, 3.05) is 6.54 Å². The second kappa shape index (κ2) is 6.64. The highest BCUT2D eigenvalue weighted by Gasteiger charge is 2.20. The Hall–Kier alpha value is -0.990. The molecule has 0 spiro atoms. The van der Waals surface area contributed by atoms with Gasteiger partial charge in [-0.1, -0.05) is 11.8 Å². The van der Waals surface area contributed by atoms with Crippen LogP contribution >= 0.6 is 27.7 Å². The summed E-state index contributed by atoms with van der Waals surface area (Å²) in [6, 6.07) is 4.71. The fraction of sp³-hybridized carbons (Fsp3) is 0.500. The third-order valence-electron chi connectivity index (χ3n) is 2.97. The molecule has 106 valence electrons. The minimum Gasteiger partial charge on any atom is -0.312 e. The molecule has 0 amide bonds. The van der Waals surface area contributed by atoms with Gasteiger partial charge in [-0.3, -0.25) is 4.98 Å². The Morgan fingerprint density at radius 2 is 2.30 bits per heavy atom. The van der Waals surface area contributed by atoms with Crippen molar-refractivity contribution in [3.05, 3.63) is 28.5 Å². The van der Waals surface area contributed by atoms with Crippen molar-refractivity contribution in [1.29, 1.82) is 0 Å². The maximum Gasteiger partial charge on any atom is 0.209 e. The molecule has 1 fully saturated rings. The molecule has 2 heterocycles. The molecule has 1 aliphatic carbocycles. The van der Waals surface area contributed by atoms with Crippen molar-refractivity contribution >= 4 is 27.7 Å². The number of thioether (sulfide) groups is 1. The van der Waals surface area contributed by atoms with Crippen LogP contribution in [0.25, 0.3) is 0 Å². The van der Waals surface area contributed by atoms with E-state index in [0.29, 0.717) is 0 Å². The molecule has 0 unspecified atom stereocenters. The number of hydrogen-bond acceptors (Lipinski definition) is 6. The summed E-state index contributed by atoms with van der Waals surface area (Å²) in [7, 11) is 0. The summed E-state index contributed by atoms with van der Waals surface area (Å²) in [5, 5.41) is 16.1. The van der Waals surface area contributed by atoms with Crippen LogP contribution in [0.1, 0.15) is 18.5 Å². The minimum atomic E-state index is 0.717. The van der Waals surface area contributed by atoms with E-state index < -0.39 is 0 Å². The van der Waals surface area contributed by atoms with Gasteiger partial charge in [0.1, 0.15) is 0 Å². The van der Waals surface area contributed by atoms with Gasteiger partial charge in [-0.25, -0.2) is 4.68 Å². The van der Waals surface area contributed by atoms with Crippen LogP contribution in [-0.4, -0.2) is 37.8 Å². The van der Waals surface area contributed by atoms with E-state index in [2.05, 4.69) is 41.8 Å². The van der Waals surface area contributed by atoms with Gasteiger partial charge in [0.25, 0.3) is 0 Å². The van der Waals surface area contributed by atoms with E-state index in [0.717, 1.165) is 40.2 Å². The van der Waals surface area contributed by atoms with Crippen LogP contribution in [0.15, 0.2) is 28.0 Å². The average molecular weight is 355 g/mol. The lowest BCUT2D eigenvalue weighted by Crippen LogP contribution is -2.22. The van der Waals surface area contributed by atoms with E-state index in [1.165, 1.54) is 12.8 Å². The molecule has 1 aliphatic rings. The number of rotatable bonds is 7. The number of aromatic nitrogens is 5. The predicted molar refractivity (Wildman–Crippen MR) is 80.3 cm³/mol. The third-order valence-corrected chi connectivity index (χ3v) is 4.43. The zero-order valence-corrected chi connectivity index (χ0v) is 13.3. The zero-order valence-electron chi connectivity index (χ0n) is 10.9. The molecule has 0 radical (unpaired) electrons. The lowest BCUT2D eigenvalue weighted by Gasteiger charge is -2.05. The first-order chi connectivity index (χ1) is 9.81. The van der Waals surface area contributed by atoms with Crippen LogP contribution in [0.4, 0.5) is 0 Å². The number of pyridine rings is 1. The number of halogens is 1. The Morgan fingerprint density at radius 3 is 3.05 bits per heavy atom. The van der Waals surface area contributed by atoms with Crippen LogP contribution in [0.5, 0.6) is 0 Å². The molecular weight excluding hydrogens is 340 g/mol. The summed E-state index contributed by atoms with van der Waals surface area (Å²) in [4.78, 5) is 4.34. The van der Waals surface area contributed by atoms with Gasteiger partial charge in [0, 0.05) is 29.0 Å². The Labute approximate surface area is 129 Å². The van der Waals surface area contributed by atoms with Gasteiger partial charge in [-0.05, 0) is 51.3 Å². The van der Waals surface area contributed by atoms with Gasteiger partial charge < -0.3 is 5.32 Å². The molecule has 0 aliphatic heterocycles. The summed E-state index contributed by atoms with van der Waals surface area (Å²) in [5.41, 5.74) is 1.02. The van der Waals surface area contributed by atoms with Crippen molar-refractivity contribution in [1.82, 2.24) is 30.5 Å². The summed E-state index contributed by atoms with van der Waals surface area (Å²) in [6.07, 6.45) is 4.40. The van der Waals surface area contributed by atoms with Gasteiger partial charge in [0.05, 0.1) is 12.2 Å². The van der Waals surface area contributed by atoms with Crippen LogP contribution in [0.3, 0.4) is 0 Å². The van der Waals surface area contributed by atoms with Gasteiger partial charge in [-0.15, -0.1) is 5.10 Å². The summed E-state index contributed by atoms with van der Waals surface area (Å²) < 4.78 is 2.83. The second-order valence-electron chi connectivity index (χ2n) is 4.67. The second-order valence-corrected chi connectivity index (χ2v) is 6.53. The maximum atomic E-state index is 4.34. The fourth-order valence-corrected chi connectivity index (χ4v) is 2.79. The third kappa shape index (κ3) is 4.00. The standard InChI is InChI=1S/C12H15BrN6S/c13-9-1-2-11(15-7-9)8-20-12-16-17-18-19(12)6-5-14-10-3-4-10/h1-2,7,10,14H,3-6,8H2. The van der Waals surface area contributed by atoms with E-state index in [1.54, 1.807) is 18.0 Å². The van der Waals surface area contributed by atoms with E-state index in [-0.39, 0.29) is 0 Å². The van der Waals surface area contributed by atoms with Gasteiger partial charge in [-0.2, -0.15) is 0 Å². The van der Waals surface area contributed by atoms with Gasteiger partial charge >= 0.3 is 0 Å². The van der Waals surface area contributed by atoms with Crippen molar-refractivity contribution < 1.29 is 0 Å². The largest absolute Gasteiger partial charge is 0.312 e. The van der Waals surface area contributed by atoms with Crippen LogP contribution in [0, 0.1) is 0 Å². The Bertz CT molecular complexity index is 553. The molecule has 2 aromatic rings. The monoisotopic (exact) mass is 354 g/mol. The minimum absolute atomic E-state index is 0.717. The summed E-state index contributed by atoms with van der Waals surface area (Å²) >= 11 is 4.99. The Kier molecular flexibility index (Phi) is 4.64. The topological polar surface area (TPSA) is 68.5 Å². The lowest BCUT2D eigenvalue weighted by molar-refractivity contribution is 0.509. The maximum absolute atomic E-state index is 4.34. The molecule has 0 saturated heterocycles. The van der Waals surface area contributed by atoms with Crippen molar-refractivity contribution in [2.45, 2.75) is 36.3 Å². The summed E-state index contributed by atoms with van der Waals surface area (Å²) in [5.74, 6) is 0.768. The molecule has 6 nitrogen and oxygen atoms in total. The molecule has 8 heteroatoms. The molecule has 1 saturated carbocycles. The predicted octanol–water partition coefficient (Wildman–Crippen LogP) is 1.87. The molecule has 20 heavy (non-hydrogen) atoms. The normalized spacial score (nSPS) is 14.7. The van der Waals surface area contributed by atoms with E-state index in [9.17, 15) is 0 Å². The number of nitrogens with one attached hydrogen (secondary N) is 1. The first kappa shape index (κ1) is 14.0. The zero-order chi connectivity index (χ0) is 13.8. The van der Waals surface area contributed by atoms with Crippen molar-refractivity contribution in [3.8, 4) is 0 Å². The highest BCUT2D eigenvalue weighted by molar-refractivity contribution is 9.10. The number of hydrogen-bond donors (Lipinski definition) is 1. The van der Waals surface area contributed by atoms with Gasteiger partial charge in [0.15, 0.2) is 0 Å². The average Bonchev–Trinajstić information content (AvgIpc) is 3.17. The van der Waals surface area contributed by atoms with Crippen molar-refractivity contribution in [2.24, 2.45) is 0 Å².